The van der Waals surface area contributed by atoms with Crippen LogP contribution in [-0.4, -0.2) is 87.6 Å². The molecule has 1 rings (SSSR count). The third kappa shape index (κ3) is 19.3. The molecule has 1 saturated heterocycles. The van der Waals surface area contributed by atoms with Crippen LogP contribution in [0, 0.1) is 5.92 Å². The van der Waals surface area contributed by atoms with Gasteiger partial charge in [0.15, 0.2) is 11.6 Å². The first-order valence-corrected chi connectivity index (χ1v) is 21.9. The summed E-state index contributed by atoms with van der Waals surface area (Å²) in [6, 6.07) is -1.72. The fraction of sp³-hybridized carbons (Fsp3) is 0.929. The molecular weight excluding hydrogens is 672 g/mol. The molecule has 0 spiro atoms. The van der Waals surface area contributed by atoms with Gasteiger partial charge in [-0.15, -0.1) is 0 Å². The van der Waals surface area contributed by atoms with E-state index >= 15 is 0 Å². The highest BCUT2D eigenvalue weighted by atomic mass is 16.6. The predicted octanol–water partition coefficient (Wildman–Crippen LogP) is 6.54. The van der Waals surface area contributed by atoms with E-state index in [1.54, 1.807) is 0 Å². The number of carbonyl (C=O) groups is 3. The van der Waals surface area contributed by atoms with Crippen molar-refractivity contribution in [3.63, 3.8) is 0 Å². The SMILES string of the molecule is CCCCCCCCCCCCCCCCCC(=O)N(CCCCCCCCCCCCCC)[C@]1(N)O[C@H](CO)[C@@H](O)[C@H](O)[C@H]1C(=O)C(N)C(=O)CN. The van der Waals surface area contributed by atoms with E-state index in [9.17, 15) is 29.7 Å². The van der Waals surface area contributed by atoms with Gasteiger partial charge < -0.3 is 36.4 Å². The maximum absolute atomic E-state index is 14.0. The van der Waals surface area contributed by atoms with Gasteiger partial charge in [-0.2, -0.15) is 0 Å². The second kappa shape index (κ2) is 30.7. The van der Waals surface area contributed by atoms with E-state index in [4.69, 9.17) is 21.9 Å². The molecule has 1 heterocycles. The summed E-state index contributed by atoms with van der Waals surface area (Å²) in [6.07, 6.45) is 26.9. The first-order chi connectivity index (χ1) is 25.6. The minimum absolute atomic E-state index is 0.149. The predicted molar refractivity (Wildman–Crippen MR) is 214 cm³/mol. The van der Waals surface area contributed by atoms with Gasteiger partial charge in [0.05, 0.1) is 19.3 Å². The molecule has 1 aliphatic rings. The zero-order valence-electron chi connectivity index (χ0n) is 34.0. The number of unbranched alkanes of at least 4 members (excludes halogenated alkanes) is 25. The Morgan fingerprint density at radius 3 is 1.40 bits per heavy atom. The number of ketones is 2. The summed E-state index contributed by atoms with van der Waals surface area (Å²) >= 11 is 0. The lowest BCUT2D eigenvalue weighted by Gasteiger charge is -2.53. The molecule has 0 aromatic rings. The highest BCUT2D eigenvalue weighted by molar-refractivity contribution is 6.08. The molecule has 0 aromatic heterocycles. The molecule has 6 atom stereocenters. The third-order valence-electron chi connectivity index (χ3n) is 11.2. The smallest absolute Gasteiger partial charge is 0.225 e. The standard InChI is InChI=1S/C42H82N4O7/c1-3-5-7-9-11-13-15-17-18-19-20-22-24-26-28-30-36(49)46(31-29-27-25-23-21-16-14-12-10-8-6-4-2)42(45)37(40(51)38(44)34(48)32-43)41(52)39(50)35(33-47)53-42/h35,37-39,41,47,50,52H,3-33,43-45H2,1-2H3/t35-,37-,38?,39-,41-,42+/m1/s1. The van der Waals surface area contributed by atoms with Gasteiger partial charge in [0.25, 0.3) is 0 Å². The second-order valence-corrected chi connectivity index (χ2v) is 15.7. The van der Waals surface area contributed by atoms with Crippen LogP contribution in [0.4, 0.5) is 0 Å². The van der Waals surface area contributed by atoms with Gasteiger partial charge in [0.2, 0.25) is 11.8 Å². The average molecular weight is 755 g/mol. The van der Waals surface area contributed by atoms with Gasteiger partial charge in [-0.1, -0.05) is 174 Å². The number of Topliss-reactive ketones (excluding diaryl/α,β-unsaturated/α-hetero) is 2. The Morgan fingerprint density at radius 1 is 0.642 bits per heavy atom. The van der Waals surface area contributed by atoms with E-state index in [0.717, 1.165) is 44.9 Å². The van der Waals surface area contributed by atoms with Gasteiger partial charge in [0, 0.05) is 13.0 Å². The molecule has 0 aromatic carbocycles. The Balaban J connectivity index is 2.79. The van der Waals surface area contributed by atoms with Crippen LogP contribution in [0.3, 0.4) is 0 Å². The van der Waals surface area contributed by atoms with Crippen molar-refractivity contribution < 1.29 is 34.4 Å². The average Bonchev–Trinajstić information content (AvgIpc) is 3.15. The molecule has 0 aliphatic carbocycles. The molecule has 0 saturated carbocycles. The monoisotopic (exact) mass is 755 g/mol. The largest absolute Gasteiger partial charge is 0.394 e. The quantitative estimate of drug-likeness (QED) is 0.0234. The maximum Gasteiger partial charge on any atom is 0.225 e. The lowest BCUT2D eigenvalue weighted by Crippen LogP contribution is -2.76. The molecule has 312 valence electrons. The molecule has 9 N–H and O–H groups in total. The number of aliphatic hydroxyl groups is 3. The summed E-state index contributed by atoms with van der Waals surface area (Å²) in [7, 11) is 0. The number of nitrogens with two attached hydrogens (primary N) is 3. The van der Waals surface area contributed by atoms with Gasteiger partial charge in [0.1, 0.15) is 24.2 Å². The van der Waals surface area contributed by atoms with Crippen molar-refractivity contribution in [2.24, 2.45) is 23.1 Å². The summed E-state index contributed by atoms with van der Waals surface area (Å²) in [5, 5.41) is 31.9. The topological polar surface area (TPSA) is 202 Å². The molecule has 0 bridgehead atoms. The number of amides is 1. The fourth-order valence-electron chi connectivity index (χ4n) is 7.66. The normalized spacial score (nSPS) is 22.2. The van der Waals surface area contributed by atoms with Crippen molar-refractivity contribution in [2.75, 3.05) is 19.7 Å². The summed E-state index contributed by atoms with van der Waals surface area (Å²) in [5.41, 5.74) is 18.3. The lowest BCUT2D eigenvalue weighted by atomic mass is 9.79. The van der Waals surface area contributed by atoms with E-state index in [-0.39, 0.29) is 18.9 Å². The zero-order valence-corrected chi connectivity index (χ0v) is 34.0. The van der Waals surface area contributed by atoms with Crippen LogP contribution in [0.25, 0.3) is 0 Å². The second-order valence-electron chi connectivity index (χ2n) is 15.7. The fourth-order valence-corrected chi connectivity index (χ4v) is 7.66. The van der Waals surface area contributed by atoms with Crippen molar-refractivity contribution in [3.8, 4) is 0 Å². The molecule has 11 nitrogen and oxygen atoms in total. The summed E-state index contributed by atoms with van der Waals surface area (Å²) in [5.74, 6) is -6.04. The highest BCUT2D eigenvalue weighted by Crippen LogP contribution is 2.36. The van der Waals surface area contributed by atoms with E-state index in [2.05, 4.69) is 13.8 Å². The van der Waals surface area contributed by atoms with Crippen molar-refractivity contribution in [1.82, 2.24) is 4.90 Å². The van der Waals surface area contributed by atoms with Gasteiger partial charge in [-0.3, -0.25) is 20.1 Å². The molecule has 1 fully saturated rings. The Labute approximate surface area is 322 Å². The number of ether oxygens (including phenoxy) is 1. The van der Waals surface area contributed by atoms with E-state index < -0.39 is 60.8 Å². The van der Waals surface area contributed by atoms with Crippen LogP contribution in [-0.2, 0) is 19.1 Å². The number of nitrogens with zero attached hydrogens (tertiary/aromatic N) is 1. The molecule has 1 amide bonds. The van der Waals surface area contributed by atoms with Crippen LogP contribution in [0.5, 0.6) is 0 Å². The molecular formula is C42H82N4O7. The van der Waals surface area contributed by atoms with Crippen LogP contribution in [0.1, 0.15) is 194 Å². The Bertz CT molecular complexity index is 956. The Hall–Kier alpha value is -1.47. The van der Waals surface area contributed by atoms with Gasteiger partial charge in [-0.25, -0.2) is 0 Å². The number of rotatable bonds is 35. The number of hydrogen-bond acceptors (Lipinski definition) is 10. The third-order valence-corrected chi connectivity index (χ3v) is 11.2. The molecule has 1 aliphatic heterocycles. The minimum Gasteiger partial charge on any atom is -0.394 e. The highest BCUT2D eigenvalue weighted by Gasteiger charge is 2.59. The summed E-state index contributed by atoms with van der Waals surface area (Å²) < 4.78 is 5.98. The first kappa shape index (κ1) is 49.5. The Morgan fingerprint density at radius 2 is 1.02 bits per heavy atom. The van der Waals surface area contributed by atoms with Gasteiger partial charge in [-0.05, 0) is 12.8 Å². The van der Waals surface area contributed by atoms with E-state index in [1.807, 2.05) is 0 Å². The van der Waals surface area contributed by atoms with Crippen molar-refractivity contribution in [2.45, 2.75) is 224 Å². The van der Waals surface area contributed by atoms with E-state index in [0.29, 0.717) is 12.8 Å². The van der Waals surface area contributed by atoms with Crippen molar-refractivity contribution in [1.29, 1.82) is 0 Å². The van der Waals surface area contributed by atoms with Crippen LogP contribution < -0.4 is 17.2 Å². The van der Waals surface area contributed by atoms with Crippen molar-refractivity contribution >= 4 is 17.5 Å². The van der Waals surface area contributed by atoms with Crippen molar-refractivity contribution in [3.05, 3.63) is 0 Å². The summed E-state index contributed by atoms with van der Waals surface area (Å²) in [6.45, 7) is 3.42. The van der Waals surface area contributed by atoms with Crippen LogP contribution in [0.2, 0.25) is 0 Å². The van der Waals surface area contributed by atoms with Gasteiger partial charge >= 0.3 is 0 Å². The number of carbonyl (C=O) groups excluding carboxylic acids is 3. The van der Waals surface area contributed by atoms with Crippen LogP contribution >= 0.6 is 0 Å². The lowest BCUT2D eigenvalue weighted by molar-refractivity contribution is -0.291. The minimum atomic E-state index is -2.24. The zero-order chi connectivity index (χ0) is 39.3. The first-order valence-electron chi connectivity index (χ1n) is 21.9. The molecule has 53 heavy (non-hydrogen) atoms. The maximum atomic E-state index is 14.0. The number of aliphatic hydroxyl groups excluding tert-OH is 3. The Kier molecular flexibility index (Phi) is 28.7. The molecule has 1 unspecified atom stereocenters. The molecule has 11 heteroatoms. The van der Waals surface area contributed by atoms with Crippen LogP contribution in [0.15, 0.2) is 0 Å². The number of hydrogen-bond donors (Lipinski definition) is 6. The van der Waals surface area contributed by atoms with E-state index in [1.165, 1.54) is 120 Å². The molecule has 0 radical (unpaired) electrons. The summed E-state index contributed by atoms with van der Waals surface area (Å²) in [4.78, 5) is 41.2.